The van der Waals surface area contributed by atoms with E-state index < -0.39 is 75.1 Å². The average Bonchev–Trinajstić information content (AvgIpc) is 3.56. The minimum absolute atomic E-state index is 0.0134. The zero-order chi connectivity index (χ0) is 27.0. The van der Waals surface area contributed by atoms with E-state index in [1.54, 1.807) is 0 Å². The van der Waals surface area contributed by atoms with E-state index in [0.717, 1.165) is 0 Å². The normalized spacial score (nSPS) is 14.2. The largest absolute Gasteiger partial charge is 0.468 e. The Bertz CT molecular complexity index is 1360. The lowest BCUT2D eigenvalue weighted by atomic mass is 10.2. The third-order valence-electron chi connectivity index (χ3n) is 5.08. The number of aromatic nitrogens is 2. The van der Waals surface area contributed by atoms with Crippen molar-refractivity contribution in [2.75, 3.05) is 13.2 Å². The van der Waals surface area contributed by atoms with Gasteiger partial charge in [0.25, 0.3) is 5.56 Å². The van der Waals surface area contributed by atoms with Crippen molar-refractivity contribution < 1.29 is 46.3 Å². The topological polar surface area (TPSA) is 149 Å². The fraction of sp³-hybridized carbons (Fsp3) is 0.400. The molecule has 16 heteroatoms. The second kappa shape index (κ2) is 9.43. The van der Waals surface area contributed by atoms with Gasteiger partial charge in [-0.2, -0.15) is 13.2 Å². The molecule has 1 aliphatic rings. The molecule has 1 aliphatic carbocycles. The zero-order valence-electron chi connectivity index (χ0n) is 18.6. The Morgan fingerprint density at radius 3 is 2.33 bits per heavy atom. The molecule has 36 heavy (non-hydrogen) atoms. The van der Waals surface area contributed by atoms with Gasteiger partial charge in [0.05, 0.1) is 23.3 Å². The number of hydrogen-bond donors (Lipinski definition) is 0. The standard InChI is InChI=1S/C20H17F4N3O9/c1-3-34-16(29)9-35-17(30)19(4-5-19)36-13-7-11(10(21)6-12(13)27(32)33)26-15(28)8-14(20(22,23)24)25(2)18(26)31/h6-8H,3-5,9H2,1-2H3. The van der Waals surface area contributed by atoms with Crippen molar-refractivity contribution in [1.82, 2.24) is 9.13 Å². The maximum atomic E-state index is 14.8. The SMILES string of the molecule is CCOC(=O)COC(=O)C1(Oc2cc(-n3c(=O)cc(C(F)(F)F)n(C)c3=O)c(F)cc2[N+](=O)[O-])CC1. The molecule has 1 fully saturated rings. The number of carbonyl (C=O) groups is 2. The Balaban J connectivity index is 2.06. The van der Waals surface area contributed by atoms with E-state index in [2.05, 4.69) is 4.74 Å². The molecule has 12 nitrogen and oxygen atoms in total. The van der Waals surface area contributed by atoms with Gasteiger partial charge in [0.15, 0.2) is 12.4 Å². The Morgan fingerprint density at radius 1 is 1.17 bits per heavy atom. The summed E-state index contributed by atoms with van der Waals surface area (Å²) in [6.07, 6.45) is -5.10. The Kier molecular flexibility index (Phi) is 6.90. The Labute approximate surface area is 197 Å². The van der Waals surface area contributed by atoms with Crippen molar-refractivity contribution in [2.24, 2.45) is 7.05 Å². The van der Waals surface area contributed by atoms with Gasteiger partial charge in [-0.15, -0.1) is 0 Å². The van der Waals surface area contributed by atoms with E-state index >= 15 is 0 Å². The van der Waals surface area contributed by atoms with Gasteiger partial charge in [0.1, 0.15) is 5.69 Å². The minimum atomic E-state index is -5.07. The maximum Gasteiger partial charge on any atom is 0.431 e. The van der Waals surface area contributed by atoms with Gasteiger partial charge in [0, 0.05) is 32.0 Å². The molecular formula is C20H17F4N3O9. The van der Waals surface area contributed by atoms with E-state index in [4.69, 9.17) is 9.47 Å². The Hall–Kier alpha value is -4.24. The summed E-state index contributed by atoms with van der Waals surface area (Å²) in [6.45, 7) is 0.767. The number of nitro benzene ring substituents is 1. The number of nitrogens with zero attached hydrogens (tertiary/aromatic N) is 3. The molecule has 0 unspecified atom stereocenters. The molecular weight excluding hydrogens is 502 g/mol. The van der Waals surface area contributed by atoms with Crippen LogP contribution >= 0.6 is 0 Å². The number of alkyl halides is 3. The monoisotopic (exact) mass is 519 g/mol. The van der Waals surface area contributed by atoms with Crippen LogP contribution in [0.5, 0.6) is 5.75 Å². The molecule has 0 aliphatic heterocycles. The molecule has 0 spiro atoms. The highest BCUT2D eigenvalue weighted by Crippen LogP contribution is 2.44. The van der Waals surface area contributed by atoms with Crippen molar-refractivity contribution in [1.29, 1.82) is 0 Å². The number of nitro groups is 1. The summed E-state index contributed by atoms with van der Waals surface area (Å²) in [7, 11) is 0.695. The fourth-order valence-electron chi connectivity index (χ4n) is 3.18. The molecule has 0 N–H and O–H groups in total. The first-order valence-corrected chi connectivity index (χ1v) is 10.1. The summed E-state index contributed by atoms with van der Waals surface area (Å²) < 4.78 is 69.0. The average molecular weight is 519 g/mol. The fourth-order valence-corrected chi connectivity index (χ4v) is 3.18. The van der Waals surface area contributed by atoms with Crippen LogP contribution in [0.25, 0.3) is 5.69 Å². The Morgan fingerprint density at radius 2 is 1.81 bits per heavy atom. The number of halogens is 4. The molecule has 1 saturated carbocycles. The highest BCUT2D eigenvalue weighted by atomic mass is 19.4. The molecule has 194 valence electrons. The molecule has 1 heterocycles. The van der Waals surface area contributed by atoms with Crippen LogP contribution in [0.2, 0.25) is 0 Å². The van der Waals surface area contributed by atoms with Crippen molar-refractivity contribution in [3.8, 4) is 11.4 Å². The molecule has 0 bridgehead atoms. The molecule has 1 aromatic heterocycles. The van der Waals surface area contributed by atoms with Crippen LogP contribution in [0.1, 0.15) is 25.5 Å². The van der Waals surface area contributed by atoms with Crippen molar-refractivity contribution >= 4 is 17.6 Å². The first-order chi connectivity index (χ1) is 16.7. The minimum Gasteiger partial charge on any atom is -0.468 e. The molecule has 3 rings (SSSR count). The van der Waals surface area contributed by atoms with E-state index in [9.17, 15) is 46.9 Å². The summed E-state index contributed by atoms with van der Waals surface area (Å²) in [4.78, 5) is 59.1. The van der Waals surface area contributed by atoms with E-state index in [-0.39, 0.29) is 40.7 Å². The van der Waals surface area contributed by atoms with Crippen molar-refractivity contribution in [2.45, 2.75) is 31.5 Å². The predicted octanol–water partition coefficient (Wildman–Crippen LogP) is 1.62. The zero-order valence-corrected chi connectivity index (χ0v) is 18.6. The molecule has 0 saturated heterocycles. The van der Waals surface area contributed by atoms with Gasteiger partial charge in [-0.1, -0.05) is 0 Å². The van der Waals surface area contributed by atoms with Gasteiger partial charge < -0.3 is 14.2 Å². The number of carbonyl (C=O) groups excluding carboxylic acids is 2. The maximum absolute atomic E-state index is 14.8. The van der Waals surface area contributed by atoms with Gasteiger partial charge in [-0.05, 0) is 6.92 Å². The number of benzene rings is 1. The molecule has 0 atom stereocenters. The third kappa shape index (κ3) is 5.06. The highest BCUT2D eigenvalue weighted by molar-refractivity contribution is 5.85. The summed E-state index contributed by atoms with van der Waals surface area (Å²) in [6, 6.07) is 0.883. The molecule has 2 aromatic rings. The first-order valence-electron chi connectivity index (χ1n) is 10.1. The van der Waals surface area contributed by atoms with E-state index in [1.807, 2.05) is 0 Å². The molecule has 1 aromatic carbocycles. The predicted molar refractivity (Wildman–Crippen MR) is 109 cm³/mol. The smallest absolute Gasteiger partial charge is 0.431 e. The van der Waals surface area contributed by atoms with Crippen LogP contribution in [0, 0.1) is 15.9 Å². The van der Waals surface area contributed by atoms with Crippen LogP contribution < -0.4 is 16.0 Å². The lowest BCUT2D eigenvalue weighted by molar-refractivity contribution is -0.386. The molecule has 0 radical (unpaired) electrons. The quantitative estimate of drug-likeness (QED) is 0.219. The van der Waals surface area contributed by atoms with Crippen molar-refractivity contribution in [3.05, 3.63) is 60.7 Å². The highest BCUT2D eigenvalue weighted by Gasteiger charge is 2.55. The first kappa shape index (κ1) is 26.4. The van der Waals surface area contributed by atoms with Gasteiger partial charge in [-0.3, -0.25) is 19.5 Å². The third-order valence-corrected chi connectivity index (χ3v) is 5.08. The van der Waals surface area contributed by atoms with Crippen molar-refractivity contribution in [3.63, 3.8) is 0 Å². The van der Waals surface area contributed by atoms with Crippen LogP contribution in [0.3, 0.4) is 0 Å². The second-order valence-electron chi connectivity index (χ2n) is 7.55. The number of hydrogen-bond acceptors (Lipinski definition) is 9. The summed E-state index contributed by atoms with van der Waals surface area (Å²) >= 11 is 0. The lowest BCUT2D eigenvalue weighted by Gasteiger charge is -2.18. The number of rotatable bonds is 8. The van der Waals surface area contributed by atoms with Crippen LogP contribution in [-0.2, 0) is 32.3 Å². The molecule has 0 amide bonds. The van der Waals surface area contributed by atoms with Gasteiger partial charge in [-0.25, -0.2) is 23.3 Å². The van der Waals surface area contributed by atoms with E-state index in [1.165, 1.54) is 6.92 Å². The van der Waals surface area contributed by atoms with Gasteiger partial charge >= 0.3 is 29.5 Å². The number of esters is 2. The summed E-state index contributed by atoms with van der Waals surface area (Å²) in [5, 5.41) is 11.4. The summed E-state index contributed by atoms with van der Waals surface area (Å²) in [5.41, 5.74) is -8.51. The van der Waals surface area contributed by atoms with E-state index in [0.29, 0.717) is 13.1 Å². The summed E-state index contributed by atoms with van der Waals surface area (Å²) in [5.74, 6) is -4.22. The second-order valence-corrected chi connectivity index (χ2v) is 7.55. The number of ether oxygens (including phenoxy) is 3. The van der Waals surface area contributed by atoms with Crippen LogP contribution in [-0.4, -0.2) is 44.8 Å². The lowest BCUT2D eigenvalue weighted by Crippen LogP contribution is -2.41. The van der Waals surface area contributed by atoms with Crippen LogP contribution in [0.4, 0.5) is 23.2 Å². The van der Waals surface area contributed by atoms with Gasteiger partial charge in [0.2, 0.25) is 11.4 Å². The van der Waals surface area contributed by atoms with Crippen LogP contribution in [0.15, 0.2) is 27.8 Å².